The molecule has 0 saturated carbocycles. The number of nitrogens with zero attached hydrogens (tertiary/aromatic N) is 5. The van der Waals surface area contributed by atoms with E-state index in [0.29, 0.717) is 17.0 Å². The van der Waals surface area contributed by atoms with Gasteiger partial charge in [0.05, 0.1) is 18.6 Å². The van der Waals surface area contributed by atoms with Crippen LogP contribution in [0.15, 0.2) is 23.5 Å². The largest absolute Gasteiger partial charge is 0.394 e. The number of hydrogen-bond acceptors (Lipinski definition) is 7. The van der Waals surface area contributed by atoms with E-state index in [-0.39, 0.29) is 6.61 Å². The van der Waals surface area contributed by atoms with Gasteiger partial charge in [-0.25, -0.2) is 14.5 Å². The lowest BCUT2D eigenvalue weighted by Gasteiger charge is -2.26. The molecule has 24 heavy (non-hydrogen) atoms. The number of aromatic nitrogens is 3. The highest BCUT2D eigenvalue weighted by Crippen LogP contribution is 2.42. The third-order valence-corrected chi connectivity index (χ3v) is 4.11. The first kappa shape index (κ1) is 16.8. The van der Waals surface area contributed by atoms with Gasteiger partial charge in [0.15, 0.2) is 5.82 Å². The normalized spacial score (nSPS) is 30.5. The lowest BCUT2D eigenvalue weighted by molar-refractivity contribution is -0.0664. The molecule has 2 aromatic rings. The SMILES string of the molecule is CN(C)/C=N/c1ncnn2c([C@@H]3O[C@H](CO)[C@@H](O)[C@@]3(C)O)ccc12. The van der Waals surface area contributed by atoms with Crippen molar-refractivity contribution in [2.24, 2.45) is 4.99 Å². The van der Waals surface area contributed by atoms with Crippen molar-refractivity contribution in [2.75, 3.05) is 20.7 Å². The zero-order valence-corrected chi connectivity index (χ0v) is 13.7. The van der Waals surface area contributed by atoms with Crippen LogP contribution in [0.2, 0.25) is 0 Å². The molecule has 130 valence electrons. The minimum absolute atomic E-state index is 0.384. The van der Waals surface area contributed by atoms with Gasteiger partial charge in [-0.3, -0.25) is 0 Å². The van der Waals surface area contributed by atoms with Gasteiger partial charge in [0, 0.05) is 14.1 Å². The summed E-state index contributed by atoms with van der Waals surface area (Å²) >= 11 is 0. The fourth-order valence-electron chi connectivity index (χ4n) is 2.84. The highest BCUT2D eigenvalue weighted by Gasteiger charge is 2.53. The highest BCUT2D eigenvalue weighted by molar-refractivity contribution is 5.70. The number of rotatable bonds is 4. The Labute approximate surface area is 138 Å². The molecule has 0 spiro atoms. The molecule has 0 aromatic carbocycles. The van der Waals surface area contributed by atoms with E-state index in [1.54, 1.807) is 27.9 Å². The first-order valence-corrected chi connectivity index (χ1v) is 7.56. The molecule has 9 nitrogen and oxygen atoms in total. The number of hydrogen-bond donors (Lipinski definition) is 3. The Morgan fingerprint density at radius 2 is 2.21 bits per heavy atom. The van der Waals surface area contributed by atoms with E-state index < -0.39 is 23.9 Å². The van der Waals surface area contributed by atoms with E-state index in [2.05, 4.69) is 15.1 Å². The Bertz CT molecular complexity index is 757. The maximum absolute atomic E-state index is 10.6. The van der Waals surface area contributed by atoms with E-state index >= 15 is 0 Å². The van der Waals surface area contributed by atoms with Crippen molar-refractivity contribution in [3.05, 3.63) is 24.2 Å². The summed E-state index contributed by atoms with van der Waals surface area (Å²) in [5.74, 6) is 0.474. The molecule has 3 rings (SSSR count). The fourth-order valence-corrected chi connectivity index (χ4v) is 2.84. The first-order valence-electron chi connectivity index (χ1n) is 7.56. The summed E-state index contributed by atoms with van der Waals surface area (Å²) in [6.07, 6.45) is 0.0908. The Morgan fingerprint density at radius 1 is 1.46 bits per heavy atom. The average Bonchev–Trinajstić information content (AvgIpc) is 3.05. The number of aliphatic imine (C=N–C) groups is 1. The van der Waals surface area contributed by atoms with Crippen LogP contribution in [-0.4, -0.2) is 79.7 Å². The first-order chi connectivity index (χ1) is 11.4. The van der Waals surface area contributed by atoms with Crippen LogP contribution in [0, 0.1) is 0 Å². The molecule has 1 saturated heterocycles. The highest BCUT2D eigenvalue weighted by atomic mass is 16.6. The van der Waals surface area contributed by atoms with Gasteiger partial charge < -0.3 is 25.0 Å². The summed E-state index contributed by atoms with van der Waals surface area (Å²) in [5, 5.41) is 34.3. The molecule has 4 atom stereocenters. The molecule has 1 aliphatic rings. The standard InChI is InChI=1S/C15H21N5O4/c1-15(23)12(22)11(6-21)24-13(15)9-4-5-10-14(17-8-19(2)3)16-7-18-20(9)10/h4-5,7-8,11-13,21-23H,6H2,1-3H3/b17-8+/t11-,12-,13+,15-/m1/s1. The van der Waals surface area contributed by atoms with Gasteiger partial charge in [0.2, 0.25) is 0 Å². The van der Waals surface area contributed by atoms with Crippen LogP contribution in [0.5, 0.6) is 0 Å². The molecule has 0 aliphatic carbocycles. The number of aliphatic hydroxyl groups is 3. The topological polar surface area (TPSA) is 116 Å². The van der Waals surface area contributed by atoms with Gasteiger partial charge in [-0.2, -0.15) is 5.10 Å². The molecular formula is C15H21N5O4. The van der Waals surface area contributed by atoms with E-state index in [4.69, 9.17) is 4.74 Å². The Morgan fingerprint density at radius 3 is 2.83 bits per heavy atom. The van der Waals surface area contributed by atoms with E-state index in [1.807, 2.05) is 14.1 Å². The van der Waals surface area contributed by atoms with Crippen molar-refractivity contribution in [2.45, 2.75) is 30.8 Å². The number of ether oxygens (including phenoxy) is 1. The number of aliphatic hydroxyl groups excluding tert-OH is 2. The summed E-state index contributed by atoms with van der Waals surface area (Å²) in [6, 6.07) is 3.51. The second-order valence-electron chi connectivity index (χ2n) is 6.25. The Hall–Kier alpha value is -2.07. The maximum atomic E-state index is 10.6. The zero-order chi connectivity index (χ0) is 17.5. The molecular weight excluding hydrogens is 314 g/mol. The van der Waals surface area contributed by atoms with Gasteiger partial charge >= 0.3 is 0 Å². The fraction of sp³-hybridized carbons (Fsp3) is 0.533. The van der Waals surface area contributed by atoms with Gasteiger partial charge in [-0.05, 0) is 19.1 Å². The predicted molar refractivity (Wildman–Crippen MR) is 86.2 cm³/mol. The summed E-state index contributed by atoms with van der Waals surface area (Å²) in [4.78, 5) is 10.2. The molecule has 0 radical (unpaired) electrons. The molecule has 3 N–H and O–H groups in total. The molecule has 2 aromatic heterocycles. The van der Waals surface area contributed by atoms with Crippen LogP contribution in [0.25, 0.3) is 5.52 Å². The smallest absolute Gasteiger partial charge is 0.181 e. The van der Waals surface area contributed by atoms with Crippen LogP contribution >= 0.6 is 0 Å². The monoisotopic (exact) mass is 335 g/mol. The van der Waals surface area contributed by atoms with E-state index in [9.17, 15) is 15.3 Å². The Kier molecular flexibility index (Phi) is 4.26. The van der Waals surface area contributed by atoms with Crippen molar-refractivity contribution >= 4 is 17.7 Å². The summed E-state index contributed by atoms with van der Waals surface area (Å²) in [6.45, 7) is 1.09. The van der Waals surface area contributed by atoms with Gasteiger partial charge in [0.1, 0.15) is 35.8 Å². The Balaban J connectivity index is 2.04. The lowest BCUT2D eigenvalue weighted by atomic mass is 9.91. The second kappa shape index (κ2) is 6.10. The zero-order valence-electron chi connectivity index (χ0n) is 13.7. The van der Waals surface area contributed by atoms with Crippen LogP contribution in [0.4, 0.5) is 5.82 Å². The van der Waals surface area contributed by atoms with Crippen molar-refractivity contribution in [3.63, 3.8) is 0 Å². The number of fused-ring (bicyclic) bond motifs is 1. The third-order valence-electron chi connectivity index (χ3n) is 4.11. The lowest BCUT2D eigenvalue weighted by Crippen LogP contribution is -2.43. The quantitative estimate of drug-likeness (QED) is 0.509. The van der Waals surface area contributed by atoms with Crippen molar-refractivity contribution in [3.8, 4) is 0 Å². The molecule has 3 heterocycles. The van der Waals surface area contributed by atoms with Gasteiger partial charge in [0.25, 0.3) is 0 Å². The van der Waals surface area contributed by atoms with Crippen LogP contribution in [-0.2, 0) is 4.74 Å². The summed E-state index contributed by atoms with van der Waals surface area (Å²) in [7, 11) is 3.71. The second-order valence-corrected chi connectivity index (χ2v) is 6.25. The molecule has 0 unspecified atom stereocenters. The summed E-state index contributed by atoms with van der Waals surface area (Å²) < 4.78 is 7.22. The van der Waals surface area contributed by atoms with Crippen LogP contribution in [0.1, 0.15) is 18.7 Å². The van der Waals surface area contributed by atoms with Crippen LogP contribution in [0.3, 0.4) is 0 Å². The van der Waals surface area contributed by atoms with Crippen molar-refractivity contribution in [1.29, 1.82) is 0 Å². The molecule has 0 amide bonds. The van der Waals surface area contributed by atoms with Crippen molar-refractivity contribution in [1.82, 2.24) is 19.5 Å². The summed E-state index contributed by atoms with van der Waals surface area (Å²) in [5.41, 5.74) is -0.361. The third kappa shape index (κ3) is 2.65. The van der Waals surface area contributed by atoms with Crippen LogP contribution < -0.4 is 0 Å². The predicted octanol–water partition coefficient (Wildman–Crippen LogP) is -0.505. The molecule has 1 fully saturated rings. The van der Waals surface area contributed by atoms with Gasteiger partial charge in [-0.1, -0.05) is 0 Å². The minimum Gasteiger partial charge on any atom is -0.394 e. The van der Waals surface area contributed by atoms with E-state index in [0.717, 1.165) is 0 Å². The van der Waals surface area contributed by atoms with Gasteiger partial charge in [-0.15, -0.1) is 0 Å². The molecule has 9 heteroatoms. The molecule has 1 aliphatic heterocycles. The van der Waals surface area contributed by atoms with E-state index in [1.165, 1.54) is 13.3 Å². The average molecular weight is 335 g/mol. The molecule has 0 bridgehead atoms. The van der Waals surface area contributed by atoms with Crippen molar-refractivity contribution < 1.29 is 20.1 Å². The maximum Gasteiger partial charge on any atom is 0.181 e. The minimum atomic E-state index is -1.56.